The number of hydrogen-bond donors (Lipinski definition) is 1. The first-order valence-corrected chi connectivity index (χ1v) is 6.26. The van der Waals surface area contributed by atoms with Crippen LogP contribution in [0.4, 0.5) is 0 Å². The molecule has 102 valence electrons. The molecule has 0 aliphatic carbocycles. The minimum Gasteiger partial charge on any atom is -0.447 e. The second-order valence-corrected chi connectivity index (χ2v) is 5.04. The summed E-state index contributed by atoms with van der Waals surface area (Å²) in [5, 5.41) is 36.8. The maximum absolute atomic E-state index is 9.67. The van der Waals surface area contributed by atoms with Crippen molar-refractivity contribution < 1.29 is 9.47 Å². The van der Waals surface area contributed by atoms with Crippen molar-refractivity contribution >= 4 is 5.90 Å². The monoisotopic (exact) mass is 270 g/mol. The molecule has 20 heavy (non-hydrogen) atoms. The van der Waals surface area contributed by atoms with Crippen LogP contribution in [0.15, 0.2) is 12.7 Å². The van der Waals surface area contributed by atoms with Gasteiger partial charge >= 0.3 is 0 Å². The number of ether oxygens (including phenoxy) is 2. The van der Waals surface area contributed by atoms with E-state index in [2.05, 4.69) is 6.58 Å². The number of fused-ring (bicyclic) bond motifs is 2. The van der Waals surface area contributed by atoms with Gasteiger partial charge in [0, 0.05) is 6.42 Å². The number of nitrogens with one attached hydrogen (secondary N) is 1. The smallest absolute Gasteiger partial charge is 0.217 e. The van der Waals surface area contributed by atoms with Crippen molar-refractivity contribution in [3.05, 3.63) is 12.7 Å². The minimum absolute atomic E-state index is 0.373. The van der Waals surface area contributed by atoms with Crippen molar-refractivity contribution in [3.8, 4) is 18.2 Å². The fraction of sp³-hybridized carbons (Fsp3) is 0.571. The minimum atomic E-state index is -1.84. The Hall–Kier alpha value is -2.36. The molecular weight excluding hydrogens is 256 g/mol. The van der Waals surface area contributed by atoms with Gasteiger partial charge in [0.15, 0.2) is 5.41 Å². The standard InChI is InChI=1S/C14H14N4O2/c1-4-10-12(6-15,7-16)13(8-17)9(3)14(5-2,19-10)20-11(13)18/h4,9-10,18H,1,5H2,2-3H3. The largest absolute Gasteiger partial charge is 0.447 e. The third-order valence-electron chi connectivity index (χ3n) is 4.55. The normalized spacial score (nSPS) is 40.9. The van der Waals surface area contributed by atoms with Gasteiger partial charge in [0.25, 0.3) is 0 Å². The molecule has 0 saturated carbocycles. The zero-order valence-corrected chi connectivity index (χ0v) is 11.3. The molecule has 0 aromatic carbocycles. The Balaban J connectivity index is 2.83. The van der Waals surface area contributed by atoms with Crippen LogP contribution >= 0.6 is 0 Å². The molecule has 2 fully saturated rings. The molecule has 4 atom stereocenters. The maximum atomic E-state index is 9.67. The van der Waals surface area contributed by atoms with E-state index >= 15 is 0 Å². The molecule has 2 bridgehead atoms. The maximum Gasteiger partial charge on any atom is 0.217 e. The molecule has 4 unspecified atom stereocenters. The molecule has 2 heterocycles. The lowest BCUT2D eigenvalue weighted by molar-refractivity contribution is -0.265. The highest BCUT2D eigenvalue weighted by Gasteiger charge is 2.78. The third-order valence-corrected chi connectivity index (χ3v) is 4.55. The predicted molar refractivity (Wildman–Crippen MR) is 67.8 cm³/mol. The molecule has 2 aliphatic rings. The molecule has 2 aliphatic heterocycles. The summed E-state index contributed by atoms with van der Waals surface area (Å²) in [4.78, 5) is 0. The lowest BCUT2D eigenvalue weighted by atomic mass is 9.54. The molecule has 0 radical (unpaired) electrons. The average molecular weight is 270 g/mol. The van der Waals surface area contributed by atoms with E-state index in [1.807, 2.05) is 25.1 Å². The number of rotatable bonds is 2. The highest BCUT2D eigenvalue weighted by molar-refractivity contribution is 5.89. The summed E-state index contributed by atoms with van der Waals surface area (Å²) in [6.07, 6.45) is 0.741. The highest BCUT2D eigenvalue weighted by atomic mass is 16.7. The summed E-state index contributed by atoms with van der Waals surface area (Å²) < 4.78 is 11.3. The molecule has 2 rings (SSSR count). The van der Waals surface area contributed by atoms with Gasteiger partial charge in [-0.2, -0.15) is 15.8 Å². The van der Waals surface area contributed by atoms with Crippen molar-refractivity contribution in [2.75, 3.05) is 0 Å². The van der Waals surface area contributed by atoms with Crippen LogP contribution in [-0.4, -0.2) is 17.8 Å². The summed E-state index contributed by atoms with van der Waals surface area (Å²) in [7, 11) is 0. The average Bonchev–Trinajstić information content (AvgIpc) is 2.63. The van der Waals surface area contributed by atoms with Crippen LogP contribution < -0.4 is 0 Å². The molecule has 0 amide bonds. The SMILES string of the molecule is C=CC1OC2(CC)OC(=N)C(C#N)(C2C)C1(C#N)C#N. The van der Waals surface area contributed by atoms with Gasteiger partial charge < -0.3 is 9.47 Å². The van der Waals surface area contributed by atoms with E-state index < -0.39 is 28.6 Å². The van der Waals surface area contributed by atoms with Crippen LogP contribution in [-0.2, 0) is 9.47 Å². The van der Waals surface area contributed by atoms with Gasteiger partial charge in [-0.3, -0.25) is 5.41 Å². The van der Waals surface area contributed by atoms with Gasteiger partial charge in [0.2, 0.25) is 17.1 Å². The van der Waals surface area contributed by atoms with Gasteiger partial charge in [-0.25, -0.2) is 0 Å². The first-order valence-electron chi connectivity index (χ1n) is 6.26. The quantitative estimate of drug-likeness (QED) is 0.769. The van der Waals surface area contributed by atoms with E-state index in [4.69, 9.17) is 14.9 Å². The van der Waals surface area contributed by atoms with Gasteiger partial charge in [-0.05, 0) is 0 Å². The number of hydrogen-bond acceptors (Lipinski definition) is 6. The Bertz CT molecular complexity index is 594. The summed E-state index contributed by atoms with van der Waals surface area (Å²) >= 11 is 0. The first-order chi connectivity index (χ1) is 9.44. The van der Waals surface area contributed by atoms with Crippen molar-refractivity contribution in [1.82, 2.24) is 0 Å². The summed E-state index contributed by atoms with van der Waals surface area (Å²) in [5.41, 5.74) is -3.49. The zero-order chi connectivity index (χ0) is 15.2. The van der Waals surface area contributed by atoms with Crippen LogP contribution in [0.25, 0.3) is 0 Å². The third kappa shape index (κ3) is 1.12. The number of nitrogens with zero attached hydrogens (tertiary/aromatic N) is 3. The Labute approximate surface area is 117 Å². The van der Waals surface area contributed by atoms with Gasteiger partial charge in [-0.1, -0.05) is 19.9 Å². The first kappa shape index (κ1) is 14.1. The Kier molecular flexibility index (Phi) is 2.86. The number of nitriles is 3. The second-order valence-electron chi connectivity index (χ2n) is 5.04. The van der Waals surface area contributed by atoms with E-state index in [0.29, 0.717) is 6.42 Å². The zero-order valence-electron chi connectivity index (χ0n) is 11.3. The fourth-order valence-electron chi connectivity index (χ4n) is 3.29. The molecule has 0 aromatic heterocycles. The Morgan fingerprint density at radius 3 is 2.35 bits per heavy atom. The van der Waals surface area contributed by atoms with Crippen LogP contribution in [0.5, 0.6) is 0 Å². The lowest BCUT2D eigenvalue weighted by Crippen LogP contribution is -2.61. The van der Waals surface area contributed by atoms with Crippen LogP contribution in [0, 0.1) is 56.2 Å². The van der Waals surface area contributed by atoms with E-state index in [9.17, 15) is 15.8 Å². The molecule has 6 nitrogen and oxygen atoms in total. The molecule has 1 N–H and O–H groups in total. The second kappa shape index (κ2) is 4.07. The summed E-state index contributed by atoms with van der Waals surface area (Å²) in [6, 6.07) is 5.78. The van der Waals surface area contributed by atoms with Crippen molar-refractivity contribution in [1.29, 1.82) is 21.2 Å². The van der Waals surface area contributed by atoms with Crippen LogP contribution in [0.3, 0.4) is 0 Å². The highest BCUT2D eigenvalue weighted by Crippen LogP contribution is 2.63. The van der Waals surface area contributed by atoms with E-state index in [1.54, 1.807) is 6.92 Å². The van der Waals surface area contributed by atoms with Crippen molar-refractivity contribution in [3.63, 3.8) is 0 Å². The molecule has 0 aromatic rings. The molecule has 6 heteroatoms. The van der Waals surface area contributed by atoms with Crippen LogP contribution in [0.1, 0.15) is 20.3 Å². The topological polar surface area (TPSA) is 114 Å². The summed E-state index contributed by atoms with van der Waals surface area (Å²) in [5.74, 6) is -2.14. The molecular formula is C14H14N4O2. The van der Waals surface area contributed by atoms with Crippen molar-refractivity contribution in [2.45, 2.75) is 32.2 Å². The van der Waals surface area contributed by atoms with E-state index in [-0.39, 0.29) is 5.90 Å². The van der Waals surface area contributed by atoms with E-state index in [1.165, 1.54) is 6.08 Å². The van der Waals surface area contributed by atoms with Crippen molar-refractivity contribution in [2.24, 2.45) is 16.7 Å². The Morgan fingerprint density at radius 1 is 1.35 bits per heavy atom. The Morgan fingerprint density at radius 2 is 1.95 bits per heavy atom. The van der Waals surface area contributed by atoms with Gasteiger partial charge in [0.1, 0.15) is 6.10 Å². The van der Waals surface area contributed by atoms with E-state index in [0.717, 1.165) is 0 Å². The summed E-state index contributed by atoms with van der Waals surface area (Å²) in [6.45, 7) is 7.08. The molecule has 2 saturated heterocycles. The van der Waals surface area contributed by atoms with Gasteiger partial charge in [0.05, 0.1) is 24.1 Å². The van der Waals surface area contributed by atoms with Gasteiger partial charge in [-0.15, -0.1) is 6.58 Å². The predicted octanol–water partition coefficient (Wildman–Crippen LogP) is 1.86. The fourth-order valence-corrected chi connectivity index (χ4v) is 3.29. The molecule has 0 spiro atoms. The van der Waals surface area contributed by atoms with Crippen LogP contribution in [0.2, 0.25) is 0 Å². The lowest BCUT2D eigenvalue weighted by Gasteiger charge is -2.47.